The Morgan fingerprint density at radius 1 is 1.20 bits per heavy atom. The Bertz CT molecular complexity index is 1050. The van der Waals surface area contributed by atoms with Crippen molar-refractivity contribution in [2.45, 2.75) is 25.2 Å². The molecule has 0 aliphatic carbocycles. The molecule has 0 aliphatic heterocycles. The van der Waals surface area contributed by atoms with Crippen LogP contribution in [0.2, 0.25) is 0 Å². The fourth-order valence-corrected chi connectivity index (χ4v) is 3.17. The fraction of sp³-hybridized carbons (Fsp3) is 0.176. The van der Waals surface area contributed by atoms with Crippen LogP contribution in [0.5, 0.6) is 0 Å². The predicted molar refractivity (Wildman–Crippen MR) is 93.6 cm³/mol. The van der Waals surface area contributed by atoms with Gasteiger partial charge in [-0.25, -0.2) is 13.6 Å². The molecule has 0 fully saturated rings. The molecule has 0 saturated carbocycles. The molecule has 8 heteroatoms. The summed E-state index contributed by atoms with van der Waals surface area (Å²) >= 11 is 0. The SMILES string of the molecule is Cc1cc(C)c2onc(CC(=O)Nc3ccc(S(N)(=O)=O)cc3)c2c1. The zero-order valence-corrected chi connectivity index (χ0v) is 14.6. The number of sulfonamides is 1. The van der Waals surface area contributed by atoms with Crippen LogP contribution in [0.3, 0.4) is 0 Å². The van der Waals surface area contributed by atoms with Crippen LogP contribution in [0.4, 0.5) is 5.69 Å². The second kappa shape index (κ2) is 6.30. The summed E-state index contributed by atoms with van der Waals surface area (Å²) < 4.78 is 27.8. The Morgan fingerprint density at radius 3 is 2.52 bits per heavy atom. The number of amides is 1. The summed E-state index contributed by atoms with van der Waals surface area (Å²) in [5, 5.41) is 12.5. The van der Waals surface area contributed by atoms with Crippen LogP contribution in [0.15, 0.2) is 45.8 Å². The van der Waals surface area contributed by atoms with Gasteiger partial charge in [-0.1, -0.05) is 11.2 Å². The summed E-state index contributed by atoms with van der Waals surface area (Å²) in [6, 6.07) is 9.55. The zero-order valence-electron chi connectivity index (χ0n) is 13.7. The van der Waals surface area contributed by atoms with Gasteiger partial charge in [-0.2, -0.15) is 0 Å². The largest absolute Gasteiger partial charge is 0.356 e. The quantitative estimate of drug-likeness (QED) is 0.741. The Labute approximate surface area is 144 Å². The Morgan fingerprint density at radius 2 is 1.88 bits per heavy atom. The lowest BCUT2D eigenvalue weighted by molar-refractivity contribution is -0.115. The first-order valence-corrected chi connectivity index (χ1v) is 9.07. The van der Waals surface area contributed by atoms with Crippen LogP contribution < -0.4 is 10.5 Å². The van der Waals surface area contributed by atoms with Gasteiger partial charge >= 0.3 is 0 Å². The molecule has 0 saturated heterocycles. The average molecular weight is 359 g/mol. The van der Waals surface area contributed by atoms with Crippen LogP contribution in [0.1, 0.15) is 16.8 Å². The van der Waals surface area contributed by atoms with Crippen molar-refractivity contribution in [1.29, 1.82) is 0 Å². The summed E-state index contributed by atoms with van der Waals surface area (Å²) in [7, 11) is -3.76. The lowest BCUT2D eigenvalue weighted by Gasteiger charge is -2.05. The molecule has 0 radical (unpaired) electrons. The number of hydrogen-bond acceptors (Lipinski definition) is 5. The molecule has 3 N–H and O–H groups in total. The molecule has 1 amide bonds. The highest BCUT2D eigenvalue weighted by molar-refractivity contribution is 7.89. The number of benzene rings is 2. The number of primary sulfonamides is 1. The molecule has 2 aromatic carbocycles. The number of anilines is 1. The topological polar surface area (TPSA) is 115 Å². The van der Waals surface area contributed by atoms with Crippen LogP contribution >= 0.6 is 0 Å². The van der Waals surface area contributed by atoms with Gasteiger partial charge in [-0.3, -0.25) is 4.79 Å². The number of hydrogen-bond donors (Lipinski definition) is 2. The Balaban J connectivity index is 1.77. The van der Waals surface area contributed by atoms with Gasteiger partial charge in [-0.15, -0.1) is 0 Å². The number of nitrogens with zero attached hydrogens (tertiary/aromatic N) is 1. The van der Waals surface area contributed by atoms with E-state index in [1.54, 1.807) is 0 Å². The van der Waals surface area contributed by atoms with Crippen molar-refractivity contribution in [3.05, 3.63) is 53.2 Å². The number of aromatic nitrogens is 1. The van der Waals surface area contributed by atoms with Gasteiger partial charge in [0.15, 0.2) is 5.58 Å². The van der Waals surface area contributed by atoms with E-state index in [1.807, 2.05) is 26.0 Å². The summed E-state index contributed by atoms with van der Waals surface area (Å²) in [5.41, 5.74) is 3.73. The maximum Gasteiger partial charge on any atom is 0.238 e. The minimum absolute atomic E-state index is 0.0149. The third-order valence-electron chi connectivity index (χ3n) is 3.77. The van der Waals surface area contributed by atoms with Gasteiger partial charge in [0.05, 0.1) is 11.3 Å². The minimum Gasteiger partial charge on any atom is -0.356 e. The number of rotatable bonds is 4. The molecule has 3 aromatic rings. The highest BCUT2D eigenvalue weighted by Gasteiger charge is 2.15. The number of nitrogens with two attached hydrogens (primary N) is 1. The lowest BCUT2D eigenvalue weighted by Crippen LogP contribution is -2.15. The van der Waals surface area contributed by atoms with Crippen LogP contribution in [-0.2, 0) is 21.2 Å². The summed E-state index contributed by atoms with van der Waals surface area (Å²) in [6.45, 7) is 3.90. The molecular formula is C17H17N3O4S. The van der Waals surface area contributed by atoms with Gasteiger partial charge in [-0.05, 0) is 55.3 Å². The molecule has 0 spiro atoms. The standard InChI is InChI=1S/C17H17N3O4S/c1-10-7-11(2)17-14(8-10)15(20-24-17)9-16(21)19-12-3-5-13(6-4-12)25(18,22)23/h3-8H,9H2,1-2H3,(H,19,21)(H2,18,22,23). The molecule has 1 heterocycles. The molecular weight excluding hydrogens is 342 g/mol. The van der Waals surface area contributed by atoms with E-state index in [0.717, 1.165) is 16.5 Å². The van der Waals surface area contributed by atoms with Crippen molar-refractivity contribution >= 4 is 32.6 Å². The first-order valence-electron chi connectivity index (χ1n) is 7.52. The Hall–Kier alpha value is -2.71. The predicted octanol–water partition coefficient (Wildman–Crippen LogP) is 2.27. The van der Waals surface area contributed by atoms with Gasteiger partial charge in [0.1, 0.15) is 5.69 Å². The van der Waals surface area contributed by atoms with E-state index in [-0.39, 0.29) is 17.2 Å². The van der Waals surface area contributed by atoms with E-state index in [9.17, 15) is 13.2 Å². The van der Waals surface area contributed by atoms with E-state index in [0.29, 0.717) is 17.0 Å². The van der Waals surface area contributed by atoms with Crippen LogP contribution in [-0.4, -0.2) is 19.5 Å². The number of aryl methyl sites for hydroxylation is 2. The first kappa shape index (κ1) is 17.1. The molecule has 7 nitrogen and oxygen atoms in total. The van der Waals surface area contributed by atoms with Crippen molar-refractivity contribution in [2.24, 2.45) is 5.14 Å². The molecule has 0 bridgehead atoms. The van der Waals surface area contributed by atoms with Crippen molar-refractivity contribution in [3.63, 3.8) is 0 Å². The van der Waals surface area contributed by atoms with Gasteiger partial charge in [0, 0.05) is 11.1 Å². The van der Waals surface area contributed by atoms with E-state index >= 15 is 0 Å². The highest BCUT2D eigenvalue weighted by Crippen LogP contribution is 2.24. The zero-order chi connectivity index (χ0) is 18.2. The van der Waals surface area contributed by atoms with E-state index in [4.69, 9.17) is 9.66 Å². The Kier molecular flexibility index (Phi) is 4.32. The number of carbonyl (C=O) groups is 1. The number of fused-ring (bicyclic) bond motifs is 1. The summed E-state index contributed by atoms with van der Waals surface area (Å²) in [5.74, 6) is -0.280. The van der Waals surface area contributed by atoms with Crippen molar-refractivity contribution in [1.82, 2.24) is 5.16 Å². The van der Waals surface area contributed by atoms with Crippen molar-refractivity contribution < 1.29 is 17.7 Å². The van der Waals surface area contributed by atoms with Gasteiger partial charge in [0.2, 0.25) is 15.9 Å². The van der Waals surface area contributed by atoms with E-state index in [1.165, 1.54) is 24.3 Å². The number of nitrogens with one attached hydrogen (secondary N) is 1. The average Bonchev–Trinajstić information content (AvgIpc) is 2.90. The van der Waals surface area contributed by atoms with Crippen molar-refractivity contribution in [3.8, 4) is 0 Å². The summed E-state index contributed by atoms with van der Waals surface area (Å²) in [4.78, 5) is 12.2. The monoisotopic (exact) mass is 359 g/mol. The molecule has 25 heavy (non-hydrogen) atoms. The second-order valence-corrected chi connectivity index (χ2v) is 7.44. The van der Waals surface area contributed by atoms with Gasteiger partial charge in [0.25, 0.3) is 0 Å². The van der Waals surface area contributed by atoms with Crippen molar-refractivity contribution in [2.75, 3.05) is 5.32 Å². The molecule has 0 aliphatic rings. The lowest BCUT2D eigenvalue weighted by atomic mass is 10.1. The minimum atomic E-state index is -3.76. The fourth-order valence-electron chi connectivity index (χ4n) is 2.65. The normalized spacial score (nSPS) is 11.6. The number of carbonyl (C=O) groups excluding carboxylic acids is 1. The highest BCUT2D eigenvalue weighted by atomic mass is 32.2. The van der Waals surface area contributed by atoms with E-state index < -0.39 is 10.0 Å². The van der Waals surface area contributed by atoms with E-state index in [2.05, 4.69) is 10.5 Å². The molecule has 1 aromatic heterocycles. The molecule has 130 valence electrons. The molecule has 0 atom stereocenters. The maximum absolute atomic E-state index is 12.2. The first-order chi connectivity index (χ1) is 11.7. The summed E-state index contributed by atoms with van der Waals surface area (Å²) in [6.07, 6.45) is 0.0484. The van der Waals surface area contributed by atoms with Crippen LogP contribution in [0, 0.1) is 13.8 Å². The maximum atomic E-state index is 12.2. The third kappa shape index (κ3) is 3.70. The molecule has 3 rings (SSSR count). The second-order valence-electron chi connectivity index (χ2n) is 5.88. The smallest absolute Gasteiger partial charge is 0.238 e. The third-order valence-corrected chi connectivity index (χ3v) is 4.70. The molecule has 0 unspecified atom stereocenters. The van der Waals surface area contributed by atoms with Crippen LogP contribution in [0.25, 0.3) is 11.0 Å². The van der Waals surface area contributed by atoms with Gasteiger partial charge < -0.3 is 9.84 Å².